The van der Waals surface area contributed by atoms with Crippen LogP contribution < -0.4 is 14.4 Å². The molecule has 0 saturated carbocycles. The van der Waals surface area contributed by atoms with Crippen LogP contribution in [0.3, 0.4) is 0 Å². The number of hydrogen-bond donors (Lipinski definition) is 2. The summed E-state index contributed by atoms with van der Waals surface area (Å²) in [5.41, 5.74) is 16.5. The van der Waals surface area contributed by atoms with Crippen LogP contribution in [0, 0.1) is 5.41 Å². The van der Waals surface area contributed by atoms with E-state index in [-0.39, 0.29) is 5.71 Å². The highest BCUT2D eigenvalue weighted by molar-refractivity contribution is 7.79. The zero-order chi connectivity index (χ0) is 60.4. The van der Waals surface area contributed by atoms with Crippen LogP contribution in [-0.4, -0.2) is 29.2 Å². The van der Waals surface area contributed by atoms with E-state index in [1.807, 2.05) is 121 Å². The third kappa shape index (κ3) is 11.2. The third-order valence-corrected chi connectivity index (χ3v) is 16.6. The summed E-state index contributed by atoms with van der Waals surface area (Å²) < 4.78 is 60.6. The fraction of sp³-hybridized carbons (Fsp3) is 0.0380. The molecule has 10 heteroatoms. The van der Waals surface area contributed by atoms with Crippen molar-refractivity contribution in [2.45, 2.75) is 6.18 Å². The highest BCUT2D eigenvalue weighted by atomic mass is 32.1. The Balaban J connectivity index is 0.875. The molecular formula is C79H55F3N4O2S. The van der Waals surface area contributed by atoms with Gasteiger partial charge in [0.05, 0.1) is 22.3 Å². The summed E-state index contributed by atoms with van der Waals surface area (Å²) >= 11 is 4.62. The summed E-state index contributed by atoms with van der Waals surface area (Å²) in [6.45, 7) is 0.705. The molecule has 0 aliphatic heterocycles. The van der Waals surface area contributed by atoms with Crippen molar-refractivity contribution >= 4 is 73.8 Å². The number of fused-ring (bicyclic) bond motifs is 5. The SMILES string of the molecule is N=C1C(N(c2ccc(-c3ccccc3)cc2)c2ccc(-c3cc(-c4ccccc4)cc(-c4ccccc4)c3)cc2)=CC=C(c2ccc3c(c2)c2c4ccccc4c(-c4ccc(C(F)(F)F)cc4)cc2n3-c2ccc(OCCOc3ccccc3)cc2)C1=NS. The molecule has 0 unspecified atom stereocenters. The van der Waals surface area contributed by atoms with E-state index in [0.29, 0.717) is 41.5 Å². The Morgan fingerprint density at radius 1 is 0.416 bits per heavy atom. The van der Waals surface area contributed by atoms with Gasteiger partial charge in [0.2, 0.25) is 0 Å². The lowest BCUT2D eigenvalue weighted by atomic mass is 9.90. The van der Waals surface area contributed by atoms with Crippen molar-refractivity contribution in [3.8, 4) is 72.8 Å². The number of nitrogens with zero attached hydrogens (tertiary/aromatic N) is 3. The van der Waals surface area contributed by atoms with E-state index in [4.69, 9.17) is 9.47 Å². The lowest BCUT2D eigenvalue weighted by molar-refractivity contribution is -0.137. The molecule has 6 nitrogen and oxygen atoms in total. The van der Waals surface area contributed by atoms with Crippen LogP contribution in [-0.2, 0) is 6.18 Å². The van der Waals surface area contributed by atoms with Crippen molar-refractivity contribution in [2.24, 2.45) is 4.40 Å². The van der Waals surface area contributed by atoms with E-state index in [1.165, 1.54) is 0 Å². The number of hydrogen-bond acceptors (Lipinski definition) is 6. The second-order valence-corrected chi connectivity index (χ2v) is 22.0. The highest BCUT2D eigenvalue weighted by Crippen LogP contribution is 2.45. The fourth-order valence-corrected chi connectivity index (χ4v) is 12.3. The van der Waals surface area contributed by atoms with Crippen LogP contribution in [0.2, 0.25) is 0 Å². The van der Waals surface area contributed by atoms with Crippen molar-refractivity contribution < 1.29 is 22.6 Å². The molecule has 13 aromatic rings. The quantitative estimate of drug-likeness (QED) is 0.0611. The van der Waals surface area contributed by atoms with Gasteiger partial charge >= 0.3 is 6.18 Å². The molecule has 0 saturated heterocycles. The predicted octanol–water partition coefficient (Wildman–Crippen LogP) is 21.2. The monoisotopic (exact) mass is 1180 g/mol. The first-order chi connectivity index (χ1) is 43.6. The normalized spacial score (nSPS) is 13.0. The maximum absolute atomic E-state index is 13.9. The van der Waals surface area contributed by atoms with Gasteiger partial charge in [0, 0.05) is 33.4 Å². The van der Waals surface area contributed by atoms with Crippen LogP contribution in [0.25, 0.3) is 99.5 Å². The molecule has 12 aromatic carbocycles. The van der Waals surface area contributed by atoms with Crippen LogP contribution in [0.4, 0.5) is 24.5 Å². The Bertz CT molecular complexity index is 4800. The number of nitrogens with one attached hydrogen (secondary N) is 1. The van der Waals surface area contributed by atoms with Crippen molar-refractivity contribution in [3.05, 3.63) is 314 Å². The molecule has 0 spiro atoms. The smallest absolute Gasteiger partial charge is 0.416 e. The number of benzene rings is 12. The number of thiol groups is 1. The van der Waals surface area contributed by atoms with Gasteiger partial charge in [0.15, 0.2) is 0 Å². The topological polar surface area (TPSA) is 62.8 Å². The molecule has 0 amide bonds. The lowest BCUT2D eigenvalue weighted by Crippen LogP contribution is -2.30. The van der Waals surface area contributed by atoms with Crippen LogP contribution >= 0.6 is 12.8 Å². The van der Waals surface area contributed by atoms with E-state index in [1.54, 1.807) is 12.1 Å². The van der Waals surface area contributed by atoms with Gasteiger partial charge in [0.1, 0.15) is 36.1 Å². The molecule has 430 valence electrons. The summed E-state index contributed by atoms with van der Waals surface area (Å²) in [7, 11) is 0. The number of allylic oxidation sites excluding steroid dienone is 4. The summed E-state index contributed by atoms with van der Waals surface area (Å²) in [4.78, 5) is 2.11. The van der Waals surface area contributed by atoms with Gasteiger partial charge in [-0.1, -0.05) is 176 Å². The molecule has 1 aliphatic rings. The molecule has 1 aromatic heterocycles. The molecule has 1 heterocycles. The third-order valence-electron chi connectivity index (χ3n) is 16.4. The molecule has 89 heavy (non-hydrogen) atoms. The summed E-state index contributed by atoms with van der Waals surface area (Å²) in [5, 5.41) is 13.8. The van der Waals surface area contributed by atoms with E-state index < -0.39 is 11.7 Å². The van der Waals surface area contributed by atoms with Gasteiger partial charge in [-0.25, -0.2) is 4.40 Å². The molecule has 0 fully saturated rings. The van der Waals surface area contributed by atoms with E-state index in [9.17, 15) is 18.6 Å². The molecule has 0 bridgehead atoms. The Labute approximate surface area is 519 Å². The van der Waals surface area contributed by atoms with Crippen molar-refractivity contribution in [1.82, 2.24) is 4.57 Å². The molecule has 1 aliphatic carbocycles. The van der Waals surface area contributed by atoms with Gasteiger partial charge in [0.25, 0.3) is 0 Å². The van der Waals surface area contributed by atoms with Gasteiger partial charge in [-0.05, 0) is 206 Å². The van der Waals surface area contributed by atoms with Crippen molar-refractivity contribution in [2.75, 3.05) is 18.1 Å². The largest absolute Gasteiger partial charge is 0.490 e. The van der Waals surface area contributed by atoms with Crippen LogP contribution in [0.15, 0.2) is 307 Å². The summed E-state index contributed by atoms with van der Waals surface area (Å²) in [6, 6.07) is 94.1. The fourth-order valence-electron chi connectivity index (χ4n) is 12.1. The minimum absolute atomic E-state index is 0.180. The average molecular weight is 1180 g/mol. The first-order valence-electron chi connectivity index (χ1n) is 29.3. The second kappa shape index (κ2) is 24.1. The van der Waals surface area contributed by atoms with Crippen molar-refractivity contribution in [3.63, 3.8) is 0 Å². The molecule has 0 radical (unpaired) electrons. The van der Waals surface area contributed by atoms with Crippen molar-refractivity contribution in [1.29, 1.82) is 5.41 Å². The lowest BCUT2D eigenvalue weighted by Gasteiger charge is -2.31. The second-order valence-electron chi connectivity index (χ2n) is 21.8. The molecular weight excluding hydrogens is 1130 g/mol. The van der Waals surface area contributed by atoms with Gasteiger partial charge in [-0.2, -0.15) is 13.2 Å². The number of alkyl halides is 3. The minimum atomic E-state index is -4.48. The van der Waals surface area contributed by atoms with Gasteiger partial charge in [-0.15, -0.1) is 0 Å². The van der Waals surface area contributed by atoms with Crippen LogP contribution in [0.1, 0.15) is 11.1 Å². The Morgan fingerprint density at radius 2 is 0.876 bits per heavy atom. The zero-order valence-electron chi connectivity index (χ0n) is 47.9. The van der Waals surface area contributed by atoms with Crippen LogP contribution in [0.5, 0.6) is 11.5 Å². The molecule has 1 N–H and O–H groups in total. The molecule has 14 rings (SSSR count). The predicted molar refractivity (Wildman–Crippen MR) is 363 cm³/mol. The van der Waals surface area contributed by atoms with Gasteiger partial charge < -0.3 is 18.9 Å². The number of para-hydroxylation sites is 1. The maximum Gasteiger partial charge on any atom is 0.416 e. The number of aromatic nitrogens is 1. The Hall–Kier alpha value is -10.9. The standard InChI is InChI=1S/C79H55F3N4O2S/c80-79(81,82)62-32-25-57(26-33-62)71-51-75-76(70-24-14-13-23-69(70)71)72-50-58(31-43-73(72)86(75)65-38-40-67(41-39-65)88-46-45-87-66-21-11-4-12-22-66)68-42-44-74(77(83)78(68)84-89)85(63-34-27-55(28-35-63)52-15-5-1-6-16-52)64-36-29-56(30-37-64)61-48-59(53-17-7-2-8-18-53)47-60(49-61)54-19-9-3-10-20-54/h1-44,47-51,83,89H,45-46H2. The average Bonchev–Trinajstić information content (AvgIpc) is 1.62. The number of halogens is 3. The highest BCUT2D eigenvalue weighted by Gasteiger charge is 2.31. The van der Waals surface area contributed by atoms with E-state index in [0.717, 1.165) is 123 Å². The first kappa shape index (κ1) is 55.9. The Morgan fingerprint density at radius 3 is 1.42 bits per heavy atom. The Kier molecular flexibility index (Phi) is 15.1. The number of anilines is 2. The minimum Gasteiger partial charge on any atom is -0.490 e. The summed E-state index contributed by atoms with van der Waals surface area (Å²) in [6.07, 6.45) is -0.466. The van der Waals surface area contributed by atoms with Gasteiger partial charge in [-0.3, -0.25) is 5.41 Å². The summed E-state index contributed by atoms with van der Waals surface area (Å²) in [5.74, 6) is 1.44. The molecule has 0 atom stereocenters. The van der Waals surface area contributed by atoms with E-state index >= 15 is 0 Å². The zero-order valence-corrected chi connectivity index (χ0v) is 48.8. The van der Waals surface area contributed by atoms with E-state index in [2.05, 4.69) is 178 Å². The number of rotatable bonds is 15. The first-order valence-corrected chi connectivity index (χ1v) is 29.7. The number of ether oxygens (including phenoxy) is 2. The maximum atomic E-state index is 13.9.